The lowest BCUT2D eigenvalue weighted by Gasteiger charge is -2.06. The number of benzene rings is 1. The van der Waals surface area contributed by atoms with Gasteiger partial charge in [0.05, 0.1) is 5.02 Å². The van der Waals surface area contributed by atoms with Gasteiger partial charge in [-0.15, -0.1) is 10.2 Å². The molecule has 0 radical (unpaired) electrons. The van der Waals surface area contributed by atoms with Crippen LogP contribution >= 0.6 is 23.2 Å². The first-order chi connectivity index (χ1) is 8.72. The second-order valence-corrected chi connectivity index (χ2v) is 4.34. The molecule has 3 rings (SSSR count). The van der Waals surface area contributed by atoms with Crippen molar-refractivity contribution in [3.8, 4) is 11.6 Å². The summed E-state index contributed by atoms with van der Waals surface area (Å²) in [5, 5.41) is 8.62. The van der Waals surface area contributed by atoms with Gasteiger partial charge in [-0.25, -0.2) is 4.98 Å². The van der Waals surface area contributed by atoms with Crippen LogP contribution in [-0.2, 0) is 0 Å². The Bertz CT molecular complexity index is 713. The van der Waals surface area contributed by atoms with Gasteiger partial charge in [0.25, 0.3) is 0 Å². The Kier molecular flexibility index (Phi) is 2.77. The van der Waals surface area contributed by atoms with Crippen molar-refractivity contribution in [3.05, 3.63) is 47.0 Å². The summed E-state index contributed by atoms with van der Waals surface area (Å²) < 4.78 is 7.24. The Morgan fingerprint density at radius 3 is 2.83 bits per heavy atom. The van der Waals surface area contributed by atoms with Crippen molar-refractivity contribution in [1.82, 2.24) is 19.6 Å². The molecule has 0 atom stereocenters. The van der Waals surface area contributed by atoms with Gasteiger partial charge >= 0.3 is 0 Å². The van der Waals surface area contributed by atoms with Crippen LogP contribution in [0.25, 0.3) is 5.65 Å². The summed E-state index contributed by atoms with van der Waals surface area (Å²) in [5.41, 5.74) is 0.644. The zero-order chi connectivity index (χ0) is 12.5. The zero-order valence-corrected chi connectivity index (χ0v) is 10.4. The number of ether oxygens (including phenoxy) is 1. The molecule has 0 bridgehead atoms. The highest BCUT2D eigenvalue weighted by molar-refractivity contribution is 6.35. The van der Waals surface area contributed by atoms with Crippen molar-refractivity contribution < 1.29 is 4.74 Å². The van der Waals surface area contributed by atoms with E-state index < -0.39 is 0 Å². The van der Waals surface area contributed by atoms with Gasteiger partial charge in [-0.1, -0.05) is 23.2 Å². The lowest BCUT2D eigenvalue weighted by molar-refractivity contribution is 0.462. The van der Waals surface area contributed by atoms with Crippen molar-refractivity contribution in [1.29, 1.82) is 0 Å². The first-order valence-electron chi connectivity index (χ1n) is 5.01. The molecule has 0 amide bonds. The van der Waals surface area contributed by atoms with Crippen LogP contribution in [0.15, 0.2) is 36.9 Å². The molecule has 2 aromatic heterocycles. The maximum absolute atomic E-state index is 6.01. The minimum Gasteiger partial charge on any atom is -0.437 e. The Morgan fingerprint density at radius 1 is 1.11 bits per heavy atom. The van der Waals surface area contributed by atoms with E-state index in [9.17, 15) is 0 Å². The van der Waals surface area contributed by atoms with Gasteiger partial charge in [-0.05, 0) is 18.2 Å². The minimum absolute atomic E-state index is 0.389. The van der Waals surface area contributed by atoms with E-state index in [4.69, 9.17) is 27.9 Å². The van der Waals surface area contributed by atoms with E-state index in [1.807, 2.05) is 0 Å². The maximum atomic E-state index is 6.01. The molecule has 0 saturated carbocycles. The van der Waals surface area contributed by atoms with Crippen molar-refractivity contribution in [2.24, 2.45) is 0 Å². The van der Waals surface area contributed by atoms with Crippen LogP contribution in [0.5, 0.6) is 11.6 Å². The van der Waals surface area contributed by atoms with Gasteiger partial charge in [0, 0.05) is 11.1 Å². The second-order valence-electron chi connectivity index (χ2n) is 3.50. The van der Waals surface area contributed by atoms with E-state index in [1.165, 1.54) is 0 Å². The van der Waals surface area contributed by atoms with Gasteiger partial charge in [0.1, 0.15) is 18.4 Å². The monoisotopic (exact) mass is 280 g/mol. The first kappa shape index (κ1) is 11.3. The molecule has 0 spiro atoms. The summed E-state index contributed by atoms with van der Waals surface area (Å²) >= 11 is 11.8. The molecule has 5 nitrogen and oxygen atoms in total. The van der Waals surface area contributed by atoms with Crippen molar-refractivity contribution in [2.75, 3.05) is 0 Å². The van der Waals surface area contributed by atoms with E-state index in [-0.39, 0.29) is 0 Å². The minimum atomic E-state index is 0.389. The van der Waals surface area contributed by atoms with E-state index in [0.717, 1.165) is 0 Å². The summed E-state index contributed by atoms with van der Waals surface area (Å²) in [7, 11) is 0. The van der Waals surface area contributed by atoms with Crippen LogP contribution in [0, 0.1) is 0 Å². The highest BCUT2D eigenvalue weighted by Crippen LogP contribution is 2.30. The van der Waals surface area contributed by atoms with Gasteiger partial charge in [0.15, 0.2) is 5.65 Å². The van der Waals surface area contributed by atoms with E-state index in [2.05, 4.69) is 15.2 Å². The fourth-order valence-corrected chi connectivity index (χ4v) is 1.88. The van der Waals surface area contributed by atoms with Crippen LogP contribution < -0.4 is 4.74 Å². The number of nitrogens with zero attached hydrogens (tertiary/aromatic N) is 4. The highest BCUT2D eigenvalue weighted by Gasteiger charge is 2.06. The molecule has 3 aromatic rings. The summed E-state index contributed by atoms with van der Waals surface area (Å²) in [5.74, 6) is 0.872. The third-order valence-electron chi connectivity index (χ3n) is 2.27. The van der Waals surface area contributed by atoms with Crippen molar-refractivity contribution in [2.45, 2.75) is 0 Å². The average Bonchev–Trinajstić information content (AvgIpc) is 2.80. The van der Waals surface area contributed by atoms with E-state index >= 15 is 0 Å². The SMILES string of the molecule is Clc1ccc(Oc2cc3nncn3cn2)c(Cl)c1. The normalized spacial score (nSPS) is 10.8. The molecular weight excluding hydrogens is 275 g/mol. The lowest BCUT2D eigenvalue weighted by Crippen LogP contribution is -1.92. The molecule has 0 aliphatic rings. The Labute approximate surface area is 112 Å². The molecule has 90 valence electrons. The van der Waals surface area contributed by atoms with Crippen LogP contribution in [0.3, 0.4) is 0 Å². The molecule has 0 unspecified atom stereocenters. The third-order valence-corrected chi connectivity index (χ3v) is 2.80. The smallest absolute Gasteiger partial charge is 0.224 e. The topological polar surface area (TPSA) is 52.3 Å². The third kappa shape index (κ3) is 2.10. The number of hydrogen-bond acceptors (Lipinski definition) is 4. The quantitative estimate of drug-likeness (QED) is 0.723. The molecule has 0 aliphatic heterocycles. The number of halogens is 2. The van der Waals surface area contributed by atoms with E-state index in [0.29, 0.717) is 27.3 Å². The number of aromatic nitrogens is 4. The Balaban J connectivity index is 1.95. The average molecular weight is 281 g/mol. The van der Waals surface area contributed by atoms with Gasteiger partial charge in [-0.2, -0.15) is 0 Å². The molecule has 0 saturated heterocycles. The number of rotatable bonds is 2. The van der Waals surface area contributed by atoms with Crippen molar-refractivity contribution in [3.63, 3.8) is 0 Å². The van der Waals surface area contributed by atoms with Gasteiger partial charge in [0.2, 0.25) is 5.88 Å². The Morgan fingerprint density at radius 2 is 2.00 bits per heavy atom. The molecule has 18 heavy (non-hydrogen) atoms. The zero-order valence-electron chi connectivity index (χ0n) is 8.92. The summed E-state index contributed by atoms with van der Waals surface area (Å²) in [6.45, 7) is 0. The summed E-state index contributed by atoms with van der Waals surface area (Å²) in [6.07, 6.45) is 3.12. The first-order valence-corrected chi connectivity index (χ1v) is 5.76. The molecular formula is C11H6Cl2N4O. The molecule has 1 aromatic carbocycles. The maximum Gasteiger partial charge on any atom is 0.224 e. The molecule has 7 heteroatoms. The predicted octanol–water partition coefficient (Wildman–Crippen LogP) is 3.22. The molecule has 0 fully saturated rings. The largest absolute Gasteiger partial charge is 0.437 e. The molecule has 0 aliphatic carbocycles. The predicted molar refractivity (Wildman–Crippen MR) is 67.3 cm³/mol. The van der Waals surface area contributed by atoms with Gasteiger partial charge < -0.3 is 4.74 Å². The van der Waals surface area contributed by atoms with Crippen LogP contribution in [0.4, 0.5) is 0 Å². The highest BCUT2D eigenvalue weighted by atomic mass is 35.5. The van der Waals surface area contributed by atoms with Crippen LogP contribution in [-0.4, -0.2) is 19.6 Å². The molecule has 0 N–H and O–H groups in total. The molecule has 2 heterocycles. The fourth-order valence-electron chi connectivity index (χ4n) is 1.44. The number of fused-ring (bicyclic) bond motifs is 1. The van der Waals surface area contributed by atoms with Crippen LogP contribution in [0.1, 0.15) is 0 Å². The summed E-state index contributed by atoms with van der Waals surface area (Å²) in [4.78, 5) is 4.11. The standard InChI is InChI=1S/C11H6Cl2N4O/c12-7-1-2-9(8(13)3-7)18-11-4-10-16-15-6-17(10)5-14-11/h1-6H. The lowest BCUT2D eigenvalue weighted by atomic mass is 10.3. The van der Waals surface area contributed by atoms with Crippen LogP contribution in [0.2, 0.25) is 10.0 Å². The second kappa shape index (κ2) is 4.44. The number of hydrogen-bond donors (Lipinski definition) is 0. The fraction of sp³-hybridized carbons (Fsp3) is 0. The van der Waals surface area contributed by atoms with Crippen molar-refractivity contribution >= 4 is 28.8 Å². The van der Waals surface area contributed by atoms with E-state index in [1.54, 1.807) is 41.3 Å². The Hall–Kier alpha value is -1.85. The summed E-state index contributed by atoms with van der Waals surface area (Å²) in [6, 6.07) is 6.64. The van der Waals surface area contributed by atoms with Gasteiger partial charge in [-0.3, -0.25) is 4.40 Å².